The van der Waals surface area contributed by atoms with Gasteiger partial charge in [0.1, 0.15) is 10.6 Å². The summed E-state index contributed by atoms with van der Waals surface area (Å²) < 4.78 is 66.2. The Morgan fingerprint density at radius 3 is 2.26 bits per heavy atom. The Kier molecular flexibility index (Phi) is 8.28. The van der Waals surface area contributed by atoms with Crippen LogP contribution in [0.1, 0.15) is 15.9 Å². The van der Waals surface area contributed by atoms with Crippen LogP contribution < -0.4 is 14.8 Å². The molecular weight excluding hydrogens is 554 g/mol. The maximum Gasteiger partial charge on any atom is 0.261 e. The van der Waals surface area contributed by atoms with E-state index in [-0.39, 0.29) is 63.8 Å². The molecule has 202 valence electrons. The molecule has 4 rings (SSSR count). The van der Waals surface area contributed by atoms with Crippen LogP contribution in [0.5, 0.6) is 5.75 Å². The number of carbonyl (C=O) groups excluding carboxylic acids is 1. The molecule has 0 saturated carbocycles. The van der Waals surface area contributed by atoms with Gasteiger partial charge in [-0.25, -0.2) is 16.8 Å². The number of methoxy groups -OCH3 is 1. The van der Waals surface area contributed by atoms with Gasteiger partial charge in [-0.3, -0.25) is 9.52 Å². The quantitative estimate of drug-likeness (QED) is 0.416. The van der Waals surface area contributed by atoms with Crippen LogP contribution in [-0.2, 0) is 24.8 Å². The van der Waals surface area contributed by atoms with E-state index >= 15 is 0 Å². The highest BCUT2D eigenvalue weighted by molar-refractivity contribution is 7.92. The minimum atomic E-state index is -3.92. The maximum absolute atomic E-state index is 13.2. The van der Waals surface area contributed by atoms with E-state index in [1.807, 2.05) is 6.92 Å². The van der Waals surface area contributed by atoms with Gasteiger partial charge in [-0.05, 0) is 55.5 Å². The summed E-state index contributed by atoms with van der Waals surface area (Å²) >= 11 is 6.24. The summed E-state index contributed by atoms with van der Waals surface area (Å²) in [7, 11) is -6.47. The predicted molar refractivity (Wildman–Crippen MR) is 144 cm³/mol. The molecule has 0 atom stereocenters. The molecule has 13 heteroatoms. The lowest BCUT2D eigenvalue weighted by Gasteiger charge is -2.26. The molecule has 1 saturated heterocycles. The van der Waals surface area contributed by atoms with Crippen molar-refractivity contribution in [3.05, 3.63) is 76.8 Å². The minimum absolute atomic E-state index is 0.0100. The Morgan fingerprint density at radius 1 is 0.947 bits per heavy atom. The molecule has 10 nitrogen and oxygen atoms in total. The van der Waals surface area contributed by atoms with E-state index in [0.29, 0.717) is 0 Å². The molecule has 1 heterocycles. The van der Waals surface area contributed by atoms with Gasteiger partial charge in [-0.1, -0.05) is 29.3 Å². The number of anilines is 2. The van der Waals surface area contributed by atoms with Crippen LogP contribution in [-0.4, -0.2) is 60.5 Å². The zero-order valence-corrected chi connectivity index (χ0v) is 23.0. The molecule has 0 spiro atoms. The van der Waals surface area contributed by atoms with Crippen LogP contribution in [0.3, 0.4) is 0 Å². The molecule has 1 amide bonds. The van der Waals surface area contributed by atoms with E-state index in [1.165, 1.54) is 59.9 Å². The third kappa shape index (κ3) is 6.11. The average molecular weight is 580 g/mol. The number of nitrogens with zero attached hydrogens (tertiary/aromatic N) is 1. The van der Waals surface area contributed by atoms with Crippen LogP contribution in [0.2, 0.25) is 5.02 Å². The van der Waals surface area contributed by atoms with E-state index in [4.69, 9.17) is 21.1 Å². The van der Waals surface area contributed by atoms with Gasteiger partial charge >= 0.3 is 0 Å². The number of carbonyl (C=O) groups is 1. The summed E-state index contributed by atoms with van der Waals surface area (Å²) in [5, 5.41) is 2.71. The molecule has 2 N–H and O–H groups in total. The van der Waals surface area contributed by atoms with Gasteiger partial charge in [0.2, 0.25) is 10.0 Å². The highest BCUT2D eigenvalue weighted by Gasteiger charge is 2.30. The molecule has 0 aliphatic carbocycles. The first-order valence-electron chi connectivity index (χ1n) is 11.5. The van der Waals surface area contributed by atoms with Crippen molar-refractivity contribution in [2.24, 2.45) is 0 Å². The van der Waals surface area contributed by atoms with Crippen molar-refractivity contribution in [1.82, 2.24) is 4.31 Å². The lowest BCUT2D eigenvalue weighted by atomic mass is 10.2. The number of nitrogens with one attached hydrogen (secondary N) is 2. The van der Waals surface area contributed by atoms with Gasteiger partial charge in [-0.15, -0.1) is 0 Å². The van der Waals surface area contributed by atoms with Crippen LogP contribution in [0.15, 0.2) is 70.5 Å². The number of aryl methyl sites for hydroxylation is 1. The van der Waals surface area contributed by atoms with Crippen molar-refractivity contribution in [1.29, 1.82) is 0 Å². The third-order valence-electron chi connectivity index (χ3n) is 5.80. The number of sulfonamides is 2. The Bertz CT molecular complexity index is 1550. The van der Waals surface area contributed by atoms with Crippen molar-refractivity contribution >= 4 is 48.9 Å². The Balaban J connectivity index is 1.58. The largest absolute Gasteiger partial charge is 0.495 e. The van der Waals surface area contributed by atoms with Gasteiger partial charge in [0.15, 0.2) is 0 Å². The highest BCUT2D eigenvalue weighted by atomic mass is 35.5. The topological polar surface area (TPSA) is 131 Å². The average Bonchev–Trinajstić information content (AvgIpc) is 2.90. The SMILES string of the molecule is COc1ccc(NC(=O)c2cc(NS(=O)(=O)c3ccc(C)cc3)ccc2Cl)cc1S(=O)(=O)N1CCOCC1. The summed E-state index contributed by atoms with van der Waals surface area (Å²) in [5.74, 6) is -0.536. The van der Waals surface area contributed by atoms with Crippen molar-refractivity contribution in [2.45, 2.75) is 16.7 Å². The van der Waals surface area contributed by atoms with Gasteiger partial charge in [-0.2, -0.15) is 4.31 Å². The van der Waals surface area contributed by atoms with Crippen molar-refractivity contribution in [3.8, 4) is 5.75 Å². The number of benzene rings is 3. The second-order valence-corrected chi connectivity index (χ2v) is 12.4. The number of ether oxygens (including phenoxy) is 2. The van der Waals surface area contributed by atoms with Gasteiger partial charge in [0.05, 0.1) is 35.8 Å². The van der Waals surface area contributed by atoms with E-state index in [2.05, 4.69) is 10.0 Å². The molecule has 0 unspecified atom stereocenters. The molecule has 1 aliphatic rings. The molecule has 0 radical (unpaired) electrons. The second kappa shape index (κ2) is 11.3. The Hall–Kier alpha value is -3.16. The summed E-state index contributed by atoms with van der Waals surface area (Å²) in [4.78, 5) is 13.1. The van der Waals surface area contributed by atoms with Gasteiger partial charge in [0.25, 0.3) is 15.9 Å². The van der Waals surface area contributed by atoms with Crippen molar-refractivity contribution in [2.75, 3.05) is 43.5 Å². The van der Waals surface area contributed by atoms with Crippen LogP contribution >= 0.6 is 11.6 Å². The second-order valence-electron chi connectivity index (χ2n) is 8.45. The minimum Gasteiger partial charge on any atom is -0.495 e. The number of amides is 1. The third-order valence-corrected chi connectivity index (χ3v) is 9.45. The summed E-state index contributed by atoms with van der Waals surface area (Å²) in [6.45, 7) is 2.80. The van der Waals surface area contributed by atoms with Gasteiger partial charge in [0, 0.05) is 24.5 Å². The van der Waals surface area contributed by atoms with E-state index in [1.54, 1.807) is 12.1 Å². The maximum atomic E-state index is 13.2. The summed E-state index contributed by atoms with van der Waals surface area (Å²) in [6.07, 6.45) is 0. The molecule has 3 aromatic rings. The molecule has 0 aromatic heterocycles. The lowest BCUT2D eigenvalue weighted by Crippen LogP contribution is -2.40. The zero-order valence-electron chi connectivity index (χ0n) is 20.6. The first-order valence-corrected chi connectivity index (χ1v) is 14.8. The number of hydrogen-bond acceptors (Lipinski definition) is 7. The molecule has 38 heavy (non-hydrogen) atoms. The molecule has 0 bridgehead atoms. The standard InChI is InChI=1S/C25H26ClN3O7S2/c1-17-3-7-20(8-4-17)37(31,32)28-19-5-9-22(26)21(15-19)25(30)27-18-6-10-23(35-2)24(16-18)38(33,34)29-11-13-36-14-12-29/h3-10,15-16,28H,11-14H2,1-2H3,(H,27,30). The van der Waals surface area contributed by atoms with Gasteiger partial charge < -0.3 is 14.8 Å². The molecule has 1 fully saturated rings. The fourth-order valence-electron chi connectivity index (χ4n) is 3.77. The van der Waals surface area contributed by atoms with Crippen LogP contribution in [0.4, 0.5) is 11.4 Å². The number of halogens is 1. The number of rotatable bonds is 8. The highest BCUT2D eigenvalue weighted by Crippen LogP contribution is 2.31. The molecule has 1 aliphatic heterocycles. The van der Waals surface area contributed by atoms with Crippen molar-refractivity contribution < 1.29 is 31.1 Å². The van der Waals surface area contributed by atoms with E-state index in [0.717, 1.165) is 5.56 Å². The number of morpholine rings is 1. The lowest BCUT2D eigenvalue weighted by molar-refractivity contribution is 0.0729. The van der Waals surface area contributed by atoms with E-state index < -0.39 is 26.0 Å². The van der Waals surface area contributed by atoms with Crippen molar-refractivity contribution in [3.63, 3.8) is 0 Å². The predicted octanol–water partition coefficient (Wildman–Crippen LogP) is 3.73. The Labute approximate surface area is 226 Å². The summed E-state index contributed by atoms with van der Waals surface area (Å²) in [5.41, 5.74) is 1.22. The first kappa shape index (κ1) is 27.9. The molecular formula is C25H26ClN3O7S2. The number of hydrogen-bond donors (Lipinski definition) is 2. The van der Waals surface area contributed by atoms with Crippen LogP contribution in [0, 0.1) is 6.92 Å². The Morgan fingerprint density at radius 2 is 1.61 bits per heavy atom. The fourth-order valence-corrected chi connectivity index (χ4v) is 6.62. The first-order chi connectivity index (χ1) is 18.0. The summed E-state index contributed by atoms with van der Waals surface area (Å²) in [6, 6.07) is 14.7. The fraction of sp³-hybridized carbons (Fsp3) is 0.240. The van der Waals surface area contributed by atoms with E-state index in [9.17, 15) is 21.6 Å². The van der Waals surface area contributed by atoms with Crippen LogP contribution in [0.25, 0.3) is 0 Å². The monoisotopic (exact) mass is 579 g/mol. The molecule has 3 aromatic carbocycles. The normalized spacial score (nSPS) is 14.6. The smallest absolute Gasteiger partial charge is 0.261 e. The zero-order chi connectivity index (χ0) is 27.5.